The predicted molar refractivity (Wildman–Crippen MR) is 32.5 cm³/mol. The van der Waals surface area contributed by atoms with Crippen LogP contribution in [0.25, 0.3) is 0 Å². The van der Waals surface area contributed by atoms with Gasteiger partial charge in [-0.3, -0.25) is 0 Å². The maximum Gasteiger partial charge on any atom is -0.0289 e. The molecular formula is C8H12. The summed E-state index contributed by atoms with van der Waals surface area (Å²) in [6, 6.07) is 0. The highest BCUT2D eigenvalue weighted by atomic mass is 14.6. The van der Waals surface area contributed by atoms with Crippen molar-refractivity contribution in [1.82, 2.24) is 0 Å². The van der Waals surface area contributed by atoms with Crippen LogP contribution in [0.1, 0.15) is 32.1 Å². The Morgan fingerprint density at radius 3 is 1.88 bits per heavy atom. The lowest BCUT2D eigenvalue weighted by atomic mass is 9.63. The lowest BCUT2D eigenvalue weighted by molar-refractivity contribution is 0.0900. The molecule has 0 aromatic heterocycles. The largest absolute Gasteiger partial charge is 0.0496 e. The second kappa shape index (κ2) is 0.872. The highest BCUT2D eigenvalue weighted by molar-refractivity contribution is 5.10. The summed E-state index contributed by atoms with van der Waals surface area (Å²) in [6.45, 7) is 0. The first kappa shape index (κ1) is 3.92. The Hall–Kier alpha value is 0. The summed E-state index contributed by atoms with van der Waals surface area (Å²) in [5.41, 5.74) is 0.954. The quantitative estimate of drug-likeness (QED) is 0.446. The van der Waals surface area contributed by atoms with Crippen LogP contribution in [0.5, 0.6) is 0 Å². The van der Waals surface area contributed by atoms with Crippen LogP contribution >= 0.6 is 0 Å². The van der Waals surface area contributed by atoms with Crippen LogP contribution in [0.4, 0.5) is 0 Å². The molecule has 0 N–H and O–H groups in total. The highest BCUT2D eigenvalue weighted by Crippen LogP contribution is 2.70. The van der Waals surface area contributed by atoms with Crippen LogP contribution in [-0.2, 0) is 0 Å². The highest BCUT2D eigenvalue weighted by Gasteiger charge is 2.59. The first-order valence-electron chi connectivity index (χ1n) is 3.88. The molecule has 4 fully saturated rings. The van der Waals surface area contributed by atoms with E-state index in [4.69, 9.17) is 0 Å². The third kappa shape index (κ3) is 0.240. The molecule has 8 heavy (non-hydrogen) atoms. The van der Waals surface area contributed by atoms with E-state index in [2.05, 4.69) is 0 Å². The van der Waals surface area contributed by atoms with Crippen molar-refractivity contribution in [2.24, 2.45) is 17.3 Å². The summed E-state index contributed by atoms with van der Waals surface area (Å²) in [5.74, 6) is 2.42. The molecule has 0 aliphatic heterocycles. The first-order chi connectivity index (χ1) is 3.88. The van der Waals surface area contributed by atoms with Crippen molar-refractivity contribution in [2.45, 2.75) is 32.1 Å². The van der Waals surface area contributed by atoms with Gasteiger partial charge in [-0.2, -0.15) is 0 Å². The second-order valence-electron chi connectivity index (χ2n) is 4.17. The van der Waals surface area contributed by atoms with Crippen molar-refractivity contribution < 1.29 is 0 Å². The summed E-state index contributed by atoms with van der Waals surface area (Å²) in [7, 11) is 0. The molecule has 0 aromatic rings. The minimum atomic E-state index is 0.954. The summed E-state index contributed by atoms with van der Waals surface area (Å²) in [4.78, 5) is 0. The minimum absolute atomic E-state index is 0.954. The van der Waals surface area contributed by atoms with Gasteiger partial charge in [0.25, 0.3) is 0 Å². The lowest BCUT2D eigenvalue weighted by Gasteiger charge is -2.42. The van der Waals surface area contributed by atoms with Gasteiger partial charge < -0.3 is 0 Å². The molecular weight excluding hydrogens is 96.1 g/mol. The molecule has 3 bridgehead atoms. The first-order valence-corrected chi connectivity index (χ1v) is 3.88. The van der Waals surface area contributed by atoms with Crippen LogP contribution in [0, 0.1) is 17.3 Å². The van der Waals surface area contributed by atoms with Crippen LogP contribution in [0.3, 0.4) is 0 Å². The minimum Gasteiger partial charge on any atom is -0.0496 e. The third-order valence-electron chi connectivity index (χ3n) is 3.80. The molecule has 0 radical (unpaired) electrons. The van der Waals surface area contributed by atoms with Gasteiger partial charge in [0.1, 0.15) is 0 Å². The smallest absolute Gasteiger partial charge is 0.0289 e. The monoisotopic (exact) mass is 108 g/mol. The average molecular weight is 108 g/mol. The normalized spacial score (nSPS) is 66.0. The molecule has 0 heterocycles. The van der Waals surface area contributed by atoms with E-state index in [0.717, 1.165) is 5.41 Å². The SMILES string of the molecule is C1CC23CC1C(C2)C3. The van der Waals surface area contributed by atoms with E-state index < -0.39 is 0 Å². The van der Waals surface area contributed by atoms with Crippen LogP contribution < -0.4 is 0 Å². The lowest BCUT2D eigenvalue weighted by Crippen LogP contribution is -2.31. The summed E-state index contributed by atoms with van der Waals surface area (Å²) >= 11 is 0. The summed E-state index contributed by atoms with van der Waals surface area (Å²) in [6.07, 6.45) is 8.05. The molecule has 1 atom stereocenters. The van der Waals surface area contributed by atoms with Gasteiger partial charge in [0, 0.05) is 0 Å². The molecule has 4 aliphatic rings. The standard InChI is InChI=1S/C8H12/c1-2-8-3-6(1)7(4-8)5-8/h6-7H,1-5H2. The Morgan fingerprint density at radius 1 is 1.00 bits per heavy atom. The van der Waals surface area contributed by atoms with Gasteiger partial charge >= 0.3 is 0 Å². The third-order valence-corrected chi connectivity index (χ3v) is 3.80. The molecule has 0 aromatic carbocycles. The van der Waals surface area contributed by atoms with Crippen molar-refractivity contribution >= 4 is 0 Å². The number of hydrogen-bond acceptors (Lipinski definition) is 0. The van der Waals surface area contributed by atoms with Crippen LogP contribution in [0.15, 0.2) is 0 Å². The van der Waals surface area contributed by atoms with E-state index in [9.17, 15) is 0 Å². The van der Waals surface area contributed by atoms with Crippen molar-refractivity contribution in [3.8, 4) is 0 Å². The van der Waals surface area contributed by atoms with E-state index >= 15 is 0 Å². The summed E-state index contributed by atoms with van der Waals surface area (Å²) < 4.78 is 0. The Bertz CT molecular complexity index is 125. The van der Waals surface area contributed by atoms with E-state index in [1.54, 1.807) is 32.1 Å². The van der Waals surface area contributed by atoms with Gasteiger partial charge in [0.15, 0.2) is 0 Å². The fourth-order valence-corrected chi connectivity index (χ4v) is 3.41. The van der Waals surface area contributed by atoms with Crippen LogP contribution in [-0.4, -0.2) is 0 Å². The van der Waals surface area contributed by atoms with Gasteiger partial charge in [-0.15, -0.1) is 0 Å². The Kier molecular flexibility index (Phi) is 0.427. The molecule has 0 saturated heterocycles. The molecule has 0 nitrogen and oxygen atoms in total. The molecule has 44 valence electrons. The zero-order valence-corrected chi connectivity index (χ0v) is 5.19. The van der Waals surface area contributed by atoms with Crippen LogP contribution in [0.2, 0.25) is 0 Å². The number of rotatable bonds is 0. The van der Waals surface area contributed by atoms with E-state index in [1.165, 1.54) is 11.8 Å². The van der Waals surface area contributed by atoms with Crippen molar-refractivity contribution in [3.63, 3.8) is 0 Å². The van der Waals surface area contributed by atoms with Crippen molar-refractivity contribution in [2.75, 3.05) is 0 Å². The Labute approximate surface area is 50.3 Å². The molecule has 4 saturated carbocycles. The fourth-order valence-electron chi connectivity index (χ4n) is 3.41. The maximum atomic E-state index is 1.62. The van der Waals surface area contributed by atoms with Crippen molar-refractivity contribution in [1.29, 1.82) is 0 Å². The molecule has 0 heteroatoms. The van der Waals surface area contributed by atoms with Crippen molar-refractivity contribution in [3.05, 3.63) is 0 Å². The predicted octanol–water partition coefficient (Wildman–Crippen LogP) is 2.20. The molecule has 0 amide bonds. The van der Waals surface area contributed by atoms with Gasteiger partial charge in [-0.25, -0.2) is 0 Å². The average Bonchev–Trinajstić information content (AvgIpc) is 2.19. The Balaban J connectivity index is 2.11. The Morgan fingerprint density at radius 2 is 1.75 bits per heavy atom. The zero-order valence-electron chi connectivity index (χ0n) is 5.19. The van der Waals surface area contributed by atoms with E-state index in [1.807, 2.05) is 0 Å². The molecule has 1 spiro atoms. The topological polar surface area (TPSA) is 0 Å². The van der Waals surface area contributed by atoms with E-state index in [0.29, 0.717) is 0 Å². The van der Waals surface area contributed by atoms with Gasteiger partial charge in [0.05, 0.1) is 0 Å². The maximum absolute atomic E-state index is 1.62. The number of hydrogen-bond donors (Lipinski definition) is 0. The zero-order chi connectivity index (χ0) is 5.19. The summed E-state index contributed by atoms with van der Waals surface area (Å²) in [5, 5.41) is 0. The molecule has 4 rings (SSSR count). The van der Waals surface area contributed by atoms with Gasteiger partial charge in [-0.1, -0.05) is 0 Å². The molecule has 4 aliphatic carbocycles. The molecule has 1 unspecified atom stereocenters. The van der Waals surface area contributed by atoms with E-state index in [-0.39, 0.29) is 0 Å². The fraction of sp³-hybridized carbons (Fsp3) is 1.00. The second-order valence-corrected chi connectivity index (χ2v) is 4.17. The van der Waals surface area contributed by atoms with Gasteiger partial charge in [0.2, 0.25) is 0 Å². The van der Waals surface area contributed by atoms with Gasteiger partial charge in [-0.05, 0) is 49.4 Å².